The van der Waals surface area contributed by atoms with Crippen molar-refractivity contribution in [1.82, 2.24) is 16.1 Å². The average Bonchev–Trinajstić information content (AvgIpc) is 2.65. The van der Waals surface area contributed by atoms with E-state index in [0.717, 1.165) is 5.92 Å². The second-order valence-corrected chi connectivity index (χ2v) is 7.63. The molecule has 0 saturated carbocycles. The van der Waals surface area contributed by atoms with Gasteiger partial charge in [0.1, 0.15) is 6.04 Å². The molecular formula is C21H39N5O3. The number of benzene rings is 1. The minimum Gasteiger partial charge on any atom is -0.345 e. The Morgan fingerprint density at radius 3 is 1.83 bits per heavy atom. The summed E-state index contributed by atoms with van der Waals surface area (Å²) in [4.78, 5) is 33.8. The summed E-state index contributed by atoms with van der Waals surface area (Å²) in [6.07, 6.45) is 0.460. The molecule has 7 N–H and O–H groups in total. The fraction of sp³-hybridized carbons (Fsp3) is 0.571. The van der Waals surface area contributed by atoms with Crippen LogP contribution in [0.15, 0.2) is 30.3 Å². The number of rotatable bonds is 7. The second kappa shape index (κ2) is 17.6. The molecule has 8 heteroatoms. The lowest BCUT2D eigenvalue weighted by Gasteiger charge is -2.19. The third-order valence-corrected chi connectivity index (χ3v) is 3.07. The van der Waals surface area contributed by atoms with Crippen molar-refractivity contribution in [3.05, 3.63) is 35.9 Å². The van der Waals surface area contributed by atoms with E-state index in [-0.39, 0.29) is 19.0 Å². The summed E-state index contributed by atoms with van der Waals surface area (Å²) in [7, 11) is 0. The van der Waals surface area contributed by atoms with Gasteiger partial charge in [0.25, 0.3) is 5.91 Å². The van der Waals surface area contributed by atoms with Gasteiger partial charge in [-0.25, -0.2) is 5.84 Å². The van der Waals surface area contributed by atoms with Crippen LogP contribution in [0.25, 0.3) is 0 Å². The van der Waals surface area contributed by atoms with Crippen molar-refractivity contribution >= 4 is 17.7 Å². The lowest BCUT2D eigenvalue weighted by atomic mass is 10.0. The second-order valence-electron chi connectivity index (χ2n) is 7.63. The van der Waals surface area contributed by atoms with Crippen molar-refractivity contribution in [2.45, 2.75) is 54.0 Å². The Morgan fingerprint density at radius 1 is 0.966 bits per heavy atom. The van der Waals surface area contributed by atoms with Crippen LogP contribution in [0.2, 0.25) is 0 Å². The van der Waals surface area contributed by atoms with E-state index in [1.165, 1.54) is 5.56 Å². The van der Waals surface area contributed by atoms with Gasteiger partial charge in [0, 0.05) is 0 Å². The summed E-state index contributed by atoms with van der Waals surface area (Å²) in [6.45, 7) is 12.0. The van der Waals surface area contributed by atoms with E-state index < -0.39 is 23.8 Å². The maximum absolute atomic E-state index is 11.8. The Hall–Kier alpha value is -2.45. The van der Waals surface area contributed by atoms with Gasteiger partial charge in [-0.2, -0.15) is 0 Å². The minimum absolute atomic E-state index is 0.189. The Bertz CT molecular complexity index is 574. The monoisotopic (exact) mass is 409 g/mol. The SMILES string of the molecule is CC(C)C.CC(C)CC(NC(=O)CN)C(=O)NCC(=O)NN.Cc1ccccc1. The normalized spacial score (nSPS) is 10.7. The summed E-state index contributed by atoms with van der Waals surface area (Å²) >= 11 is 0. The zero-order valence-corrected chi connectivity index (χ0v) is 18.6. The smallest absolute Gasteiger partial charge is 0.253 e. The van der Waals surface area contributed by atoms with Crippen molar-refractivity contribution in [2.75, 3.05) is 13.1 Å². The molecule has 0 radical (unpaired) electrons. The standard InChI is InChI=1S/C10H21N5O3.C7H8.C4H10/c1-6(2)3-7(14-8(16)4-11)10(18)13-5-9(17)15-12;1-7-5-3-2-4-6-7;1-4(2)3/h6-7H,3-5,11-12H2,1-2H3,(H,13,18)(H,14,16)(H,15,17);2-6H,1H3;4H,1-3H3. The van der Waals surface area contributed by atoms with Crippen LogP contribution in [0.5, 0.6) is 0 Å². The molecule has 1 aromatic carbocycles. The van der Waals surface area contributed by atoms with E-state index in [0.29, 0.717) is 6.42 Å². The van der Waals surface area contributed by atoms with Crippen molar-refractivity contribution in [1.29, 1.82) is 0 Å². The van der Waals surface area contributed by atoms with Gasteiger partial charge in [0.15, 0.2) is 0 Å². The molecule has 0 aliphatic carbocycles. The number of aryl methyl sites for hydroxylation is 1. The van der Waals surface area contributed by atoms with Crippen LogP contribution in [-0.4, -0.2) is 36.9 Å². The number of carbonyl (C=O) groups excluding carboxylic acids is 3. The summed E-state index contributed by atoms with van der Waals surface area (Å²) in [6, 6.07) is 9.56. The number of nitrogens with one attached hydrogen (secondary N) is 3. The molecular weight excluding hydrogens is 370 g/mol. The van der Waals surface area contributed by atoms with Gasteiger partial charge in [-0.1, -0.05) is 70.5 Å². The fourth-order valence-electron chi connectivity index (χ4n) is 1.83. The maximum atomic E-state index is 11.8. The van der Waals surface area contributed by atoms with E-state index in [1.54, 1.807) is 0 Å². The van der Waals surface area contributed by atoms with Crippen LogP contribution in [0.4, 0.5) is 0 Å². The zero-order chi connectivity index (χ0) is 22.8. The van der Waals surface area contributed by atoms with Crippen LogP contribution >= 0.6 is 0 Å². The van der Waals surface area contributed by atoms with E-state index in [9.17, 15) is 14.4 Å². The van der Waals surface area contributed by atoms with Crippen molar-refractivity contribution in [3.63, 3.8) is 0 Å². The first-order chi connectivity index (χ1) is 13.5. The number of nitrogens with two attached hydrogens (primary N) is 2. The highest BCUT2D eigenvalue weighted by Crippen LogP contribution is 2.04. The maximum Gasteiger partial charge on any atom is 0.253 e. The molecule has 0 spiro atoms. The zero-order valence-electron chi connectivity index (χ0n) is 18.6. The molecule has 0 heterocycles. The predicted molar refractivity (Wildman–Crippen MR) is 117 cm³/mol. The van der Waals surface area contributed by atoms with E-state index >= 15 is 0 Å². The lowest BCUT2D eigenvalue weighted by molar-refractivity contribution is -0.130. The largest absolute Gasteiger partial charge is 0.345 e. The van der Waals surface area contributed by atoms with Gasteiger partial charge >= 0.3 is 0 Å². The third-order valence-electron chi connectivity index (χ3n) is 3.07. The molecule has 1 unspecified atom stereocenters. The summed E-state index contributed by atoms with van der Waals surface area (Å²) in [5.41, 5.74) is 8.38. The Labute approximate surface area is 175 Å². The van der Waals surface area contributed by atoms with E-state index in [1.807, 2.05) is 37.5 Å². The molecule has 1 rings (SSSR count). The summed E-state index contributed by atoms with van der Waals surface area (Å²) < 4.78 is 0. The topological polar surface area (TPSA) is 139 Å². The van der Waals surface area contributed by atoms with Gasteiger partial charge in [-0.15, -0.1) is 0 Å². The molecule has 0 fully saturated rings. The molecule has 29 heavy (non-hydrogen) atoms. The Kier molecular flexibility index (Phi) is 17.5. The summed E-state index contributed by atoms with van der Waals surface area (Å²) in [5, 5.41) is 4.88. The first-order valence-corrected chi connectivity index (χ1v) is 9.81. The van der Waals surface area contributed by atoms with Gasteiger partial charge < -0.3 is 16.4 Å². The molecule has 0 aliphatic heterocycles. The third kappa shape index (κ3) is 20.1. The van der Waals surface area contributed by atoms with Gasteiger partial charge in [0.05, 0.1) is 13.1 Å². The Balaban J connectivity index is 0. The first kappa shape index (κ1) is 28.8. The summed E-state index contributed by atoms with van der Waals surface area (Å²) in [5.74, 6) is 4.55. The van der Waals surface area contributed by atoms with Gasteiger partial charge in [-0.3, -0.25) is 19.8 Å². The molecule has 3 amide bonds. The number of hydrogen-bond acceptors (Lipinski definition) is 5. The average molecular weight is 410 g/mol. The highest BCUT2D eigenvalue weighted by molar-refractivity contribution is 5.90. The molecule has 166 valence electrons. The number of amides is 3. The number of hydrazine groups is 1. The number of hydrogen-bond donors (Lipinski definition) is 5. The highest BCUT2D eigenvalue weighted by atomic mass is 16.2. The van der Waals surface area contributed by atoms with E-state index in [4.69, 9.17) is 11.6 Å². The van der Waals surface area contributed by atoms with Crippen molar-refractivity contribution in [3.8, 4) is 0 Å². The van der Waals surface area contributed by atoms with E-state index in [2.05, 4.69) is 50.5 Å². The molecule has 1 atom stereocenters. The van der Waals surface area contributed by atoms with Crippen molar-refractivity contribution < 1.29 is 14.4 Å². The molecule has 0 saturated heterocycles. The molecule has 0 aromatic heterocycles. The highest BCUT2D eigenvalue weighted by Gasteiger charge is 2.21. The first-order valence-electron chi connectivity index (χ1n) is 9.81. The van der Waals surface area contributed by atoms with Gasteiger partial charge in [-0.05, 0) is 25.2 Å². The molecule has 8 nitrogen and oxygen atoms in total. The molecule has 0 aliphatic rings. The Morgan fingerprint density at radius 2 is 1.48 bits per heavy atom. The van der Waals surface area contributed by atoms with Crippen LogP contribution in [0, 0.1) is 18.8 Å². The van der Waals surface area contributed by atoms with Crippen molar-refractivity contribution in [2.24, 2.45) is 23.4 Å². The molecule has 0 bridgehead atoms. The minimum atomic E-state index is -0.702. The van der Waals surface area contributed by atoms with Crippen LogP contribution in [-0.2, 0) is 14.4 Å². The van der Waals surface area contributed by atoms with Crippen LogP contribution < -0.4 is 27.6 Å². The van der Waals surface area contributed by atoms with Gasteiger partial charge in [0.2, 0.25) is 11.8 Å². The number of carbonyl (C=O) groups is 3. The fourth-order valence-corrected chi connectivity index (χ4v) is 1.83. The van der Waals surface area contributed by atoms with Crippen LogP contribution in [0.1, 0.15) is 46.6 Å². The quantitative estimate of drug-likeness (QED) is 0.262. The molecule has 1 aromatic rings. The predicted octanol–water partition coefficient (Wildman–Crippen LogP) is 1.24. The van der Waals surface area contributed by atoms with Crippen LogP contribution in [0.3, 0.4) is 0 Å². The lowest BCUT2D eigenvalue weighted by Crippen LogP contribution is -2.51.